The van der Waals surface area contributed by atoms with Gasteiger partial charge in [-0.1, -0.05) is 49.2 Å². The van der Waals surface area contributed by atoms with Crippen LogP contribution in [0.2, 0.25) is 0 Å². The third-order valence-electron chi connectivity index (χ3n) is 7.84. The number of halogens is 2. The predicted octanol–water partition coefficient (Wildman–Crippen LogP) is 10.6. The fourth-order valence-corrected chi connectivity index (χ4v) is 7.28. The fourth-order valence-electron chi connectivity index (χ4n) is 5.37. The van der Waals surface area contributed by atoms with E-state index in [0.717, 1.165) is 71.2 Å². The maximum absolute atomic E-state index is 5.39. The van der Waals surface area contributed by atoms with Crippen molar-refractivity contribution in [3.8, 4) is 34.0 Å². The van der Waals surface area contributed by atoms with E-state index >= 15 is 0 Å². The number of nitrogens with zero attached hydrogens (tertiary/aromatic N) is 4. The van der Waals surface area contributed by atoms with Crippen LogP contribution in [0.1, 0.15) is 25.7 Å². The molecule has 6 aromatic rings. The minimum atomic E-state index is 0. The van der Waals surface area contributed by atoms with Gasteiger partial charge in [0.25, 0.3) is 0 Å². The highest BCUT2D eigenvalue weighted by atomic mass is 79.9. The summed E-state index contributed by atoms with van der Waals surface area (Å²) >= 11 is 3.38. The topological polar surface area (TPSA) is 53.0 Å². The largest absolute Gasteiger partial charge is 0.497 e. The molecule has 0 bridgehead atoms. The average Bonchev–Trinajstić information content (AvgIpc) is 3.70. The summed E-state index contributed by atoms with van der Waals surface area (Å²) in [4.78, 5) is 12.0. The number of thiazole rings is 2. The molecule has 2 aromatic heterocycles. The van der Waals surface area contributed by atoms with Crippen molar-refractivity contribution in [2.75, 3.05) is 14.2 Å². The second-order valence-corrected chi connectivity index (χ2v) is 12.5. The molecular formula is C38H40Br2N4O2S2. The number of rotatable bonds is 13. The standard InChI is InChI=1S/C38H38N4O2S2.2BrH/c1-43-33-21-17-29(18-22-33)35-27-45-37(39-31-13-7-5-8-14-31)41(35)25-11-3-4-12-26-42-36(30-19-23-34(44-2)24-20-30)28-46-38(42)40-32-15-9-6-10-16-32;;/h5-10,13-24,27-28H,3-4,11-12,25-26H2,1-2H3;2*1H. The molecule has 0 aliphatic heterocycles. The fraction of sp³-hybridized carbons (Fsp3) is 0.211. The lowest BCUT2D eigenvalue weighted by molar-refractivity contribution is 0.414. The van der Waals surface area contributed by atoms with Crippen molar-refractivity contribution >= 4 is 68.0 Å². The molecule has 6 nitrogen and oxygen atoms in total. The number of hydrogen-bond donors (Lipinski definition) is 0. The van der Waals surface area contributed by atoms with E-state index in [4.69, 9.17) is 19.5 Å². The Morgan fingerprint density at radius 2 is 0.875 bits per heavy atom. The molecule has 48 heavy (non-hydrogen) atoms. The first-order valence-electron chi connectivity index (χ1n) is 15.6. The van der Waals surface area contributed by atoms with Crippen molar-refractivity contribution in [1.82, 2.24) is 9.13 Å². The molecule has 0 N–H and O–H groups in total. The highest BCUT2D eigenvalue weighted by Gasteiger charge is 2.11. The lowest BCUT2D eigenvalue weighted by Crippen LogP contribution is -2.17. The molecular weight excluding hydrogens is 768 g/mol. The predicted molar refractivity (Wildman–Crippen MR) is 211 cm³/mol. The first-order valence-corrected chi connectivity index (χ1v) is 17.3. The van der Waals surface area contributed by atoms with Crippen LogP contribution in [0.4, 0.5) is 11.4 Å². The number of benzene rings is 4. The van der Waals surface area contributed by atoms with Gasteiger partial charge in [-0.05, 0) is 96.8 Å². The zero-order valence-corrected chi connectivity index (χ0v) is 32.1. The molecule has 0 spiro atoms. The minimum Gasteiger partial charge on any atom is -0.497 e. The van der Waals surface area contributed by atoms with Crippen molar-refractivity contribution in [2.24, 2.45) is 9.98 Å². The van der Waals surface area contributed by atoms with Gasteiger partial charge in [0.05, 0.1) is 37.0 Å². The lowest BCUT2D eigenvalue weighted by Gasteiger charge is -2.11. The summed E-state index contributed by atoms with van der Waals surface area (Å²) in [6.45, 7) is 1.82. The molecule has 0 saturated carbocycles. The molecule has 0 aliphatic carbocycles. The van der Waals surface area contributed by atoms with Gasteiger partial charge < -0.3 is 18.6 Å². The normalized spacial score (nSPS) is 11.5. The van der Waals surface area contributed by atoms with E-state index < -0.39 is 0 Å². The van der Waals surface area contributed by atoms with Crippen LogP contribution >= 0.6 is 56.6 Å². The molecule has 0 unspecified atom stereocenters. The van der Waals surface area contributed by atoms with Gasteiger partial charge in [-0.15, -0.1) is 56.6 Å². The van der Waals surface area contributed by atoms with Gasteiger partial charge in [0.2, 0.25) is 0 Å². The van der Waals surface area contributed by atoms with Crippen molar-refractivity contribution in [3.05, 3.63) is 130 Å². The number of methoxy groups -OCH3 is 2. The Morgan fingerprint density at radius 1 is 0.500 bits per heavy atom. The molecule has 0 amide bonds. The number of ether oxygens (including phenoxy) is 2. The Balaban J connectivity index is 0.00000260. The van der Waals surface area contributed by atoms with Crippen molar-refractivity contribution < 1.29 is 9.47 Å². The van der Waals surface area contributed by atoms with Crippen LogP contribution in [-0.2, 0) is 13.1 Å². The van der Waals surface area contributed by atoms with E-state index in [1.807, 2.05) is 60.7 Å². The molecule has 0 fully saturated rings. The number of unbranched alkanes of at least 4 members (excludes halogenated alkanes) is 3. The SMILES string of the molecule is Br.Br.COc1ccc(-c2csc(=Nc3ccccc3)n2CCCCCCn2c(-c3ccc(OC)cc3)csc2=Nc2ccccc2)cc1. The molecule has 10 heteroatoms. The maximum Gasteiger partial charge on any atom is 0.190 e. The highest BCUT2D eigenvalue weighted by Crippen LogP contribution is 2.26. The molecule has 0 atom stereocenters. The maximum atomic E-state index is 5.39. The monoisotopic (exact) mass is 806 g/mol. The van der Waals surface area contributed by atoms with Crippen LogP contribution in [0.3, 0.4) is 0 Å². The zero-order valence-electron chi connectivity index (χ0n) is 27.0. The summed E-state index contributed by atoms with van der Waals surface area (Å²) in [5.74, 6) is 1.72. The van der Waals surface area contributed by atoms with Crippen LogP contribution < -0.4 is 19.1 Å². The summed E-state index contributed by atoms with van der Waals surface area (Å²) in [6, 6.07) is 37.0. The van der Waals surface area contributed by atoms with E-state index in [-0.39, 0.29) is 34.0 Å². The Kier molecular flexibility index (Phi) is 14.5. The summed E-state index contributed by atoms with van der Waals surface area (Å²) < 4.78 is 15.5. The number of para-hydroxylation sites is 2. The molecule has 4 aromatic carbocycles. The van der Waals surface area contributed by atoms with Gasteiger partial charge in [-0.3, -0.25) is 0 Å². The van der Waals surface area contributed by atoms with E-state index in [1.165, 1.54) is 22.5 Å². The molecule has 6 rings (SSSR count). The van der Waals surface area contributed by atoms with E-state index in [9.17, 15) is 0 Å². The molecule has 0 saturated heterocycles. The zero-order chi connectivity index (χ0) is 31.6. The molecule has 2 heterocycles. The Morgan fingerprint density at radius 3 is 1.23 bits per heavy atom. The second-order valence-electron chi connectivity index (χ2n) is 10.9. The second kappa shape index (κ2) is 18.7. The van der Waals surface area contributed by atoms with Crippen LogP contribution in [0.25, 0.3) is 22.5 Å². The van der Waals surface area contributed by atoms with Crippen LogP contribution in [0.15, 0.2) is 130 Å². The Bertz CT molecular complexity index is 1820. The van der Waals surface area contributed by atoms with Gasteiger partial charge in [0.15, 0.2) is 9.60 Å². The van der Waals surface area contributed by atoms with Crippen LogP contribution in [-0.4, -0.2) is 23.4 Å². The van der Waals surface area contributed by atoms with Gasteiger partial charge >= 0.3 is 0 Å². The molecule has 0 radical (unpaired) electrons. The lowest BCUT2D eigenvalue weighted by atomic mass is 10.1. The summed E-state index contributed by atoms with van der Waals surface area (Å²) in [5.41, 5.74) is 6.65. The molecule has 250 valence electrons. The first kappa shape index (κ1) is 37.1. The third-order valence-corrected chi connectivity index (χ3v) is 9.57. The first-order chi connectivity index (χ1) is 22.7. The van der Waals surface area contributed by atoms with Gasteiger partial charge in [0, 0.05) is 23.8 Å². The van der Waals surface area contributed by atoms with Crippen molar-refractivity contribution in [2.45, 2.75) is 38.8 Å². The Labute approximate surface area is 311 Å². The Hall–Kier alpha value is -3.70. The quantitative estimate of drug-likeness (QED) is 0.109. The van der Waals surface area contributed by atoms with E-state index in [0.29, 0.717) is 0 Å². The van der Waals surface area contributed by atoms with Gasteiger partial charge in [0.1, 0.15) is 11.5 Å². The third kappa shape index (κ3) is 9.47. The molecule has 0 aliphatic rings. The number of aromatic nitrogens is 2. The summed E-state index contributed by atoms with van der Waals surface area (Å²) in [7, 11) is 3.40. The van der Waals surface area contributed by atoms with Gasteiger partial charge in [-0.2, -0.15) is 0 Å². The summed E-state index contributed by atoms with van der Waals surface area (Å²) in [5, 5.41) is 4.44. The van der Waals surface area contributed by atoms with Crippen LogP contribution in [0.5, 0.6) is 11.5 Å². The van der Waals surface area contributed by atoms with Crippen LogP contribution in [0, 0.1) is 0 Å². The average molecular weight is 809 g/mol. The van der Waals surface area contributed by atoms with Crippen molar-refractivity contribution in [1.29, 1.82) is 0 Å². The summed E-state index contributed by atoms with van der Waals surface area (Å²) in [6.07, 6.45) is 4.40. The number of hydrogen-bond acceptors (Lipinski definition) is 6. The highest BCUT2D eigenvalue weighted by molar-refractivity contribution is 8.93. The van der Waals surface area contributed by atoms with Gasteiger partial charge in [-0.25, -0.2) is 9.98 Å². The van der Waals surface area contributed by atoms with E-state index in [1.54, 1.807) is 36.9 Å². The smallest absolute Gasteiger partial charge is 0.190 e. The van der Waals surface area contributed by atoms with Crippen molar-refractivity contribution in [3.63, 3.8) is 0 Å². The van der Waals surface area contributed by atoms with E-state index in [2.05, 4.69) is 68.4 Å². The minimum absolute atomic E-state index is 0.